The highest BCUT2D eigenvalue weighted by molar-refractivity contribution is 5.96. The third kappa shape index (κ3) is 3.62. The molecule has 0 radical (unpaired) electrons. The SMILES string of the molecule is CCC(=O)c1cc(F)cc(OCCOC)c1. The summed E-state index contributed by atoms with van der Waals surface area (Å²) in [6, 6.07) is 4.02. The lowest BCUT2D eigenvalue weighted by Gasteiger charge is -2.07. The normalized spacial score (nSPS) is 10.2. The molecule has 4 heteroatoms. The van der Waals surface area contributed by atoms with Crippen LogP contribution in [-0.4, -0.2) is 26.1 Å². The molecule has 1 rings (SSSR count). The van der Waals surface area contributed by atoms with E-state index in [1.807, 2.05) is 0 Å². The van der Waals surface area contributed by atoms with E-state index in [0.717, 1.165) is 0 Å². The standard InChI is InChI=1S/C12H15FO3/c1-3-12(14)9-6-10(13)8-11(7-9)16-5-4-15-2/h6-8H,3-5H2,1-2H3. The van der Waals surface area contributed by atoms with Crippen LogP contribution in [-0.2, 0) is 4.74 Å². The molecular formula is C12H15FO3. The number of benzene rings is 1. The molecule has 1 aromatic rings. The van der Waals surface area contributed by atoms with Crippen molar-refractivity contribution in [3.63, 3.8) is 0 Å². The highest BCUT2D eigenvalue weighted by Gasteiger charge is 2.07. The number of hydrogen-bond acceptors (Lipinski definition) is 3. The molecule has 0 aliphatic rings. The van der Waals surface area contributed by atoms with Crippen LogP contribution in [0.15, 0.2) is 18.2 Å². The Balaban J connectivity index is 2.77. The zero-order chi connectivity index (χ0) is 12.0. The highest BCUT2D eigenvalue weighted by Crippen LogP contribution is 2.17. The Hall–Kier alpha value is -1.42. The summed E-state index contributed by atoms with van der Waals surface area (Å²) in [6.07, 6.45) is 0.348. The van der Waals surface area contributed by atoms with E-state index in [9.17, 15) is 9.18 Å². The minimum atomic E-state index is -0.466. The number of halogens is 1. The summed E-state index contributed by atoms with van der Waals surface area (Å²) in [6.45, 7) is 2.49. The van der Waals surface area contributed by atoms with Crippen molar-refractivity contribution in [2.24, 2.45) is 0 Å². The minimum Gasteiger partial charge on any atom is -0.491 e. The average molecular weight is 226 g/mol. The molecule has 0 atom stereocenters. The van der Waals surface area contributed by atoms with Gasteiger partial charge in [0.15, 0.2) is 5.78 Å². The van der Waals surface area contributed by atoms with Crippen LogP contribution >= 0.6 is 0 Å². The van der Waals surface area contributed by atoms with E-state index in [-0.39, 0.29) is 5.78 Å². The van der Waals surface area contributed by atoms with E-state index in [4.69, 9.17) is 9.47 Å². The molecule has 16 heavy (non-hydrogen) atoms. The number of hydrogen-bond donors (Lipinski definition) is 0. The van der Waals surface area contributed by atoms with Crippen molar-refractivity contribution >= 4 is 5.78 Å². The third-order valence-electron chi connectivity index (χ3n) is 2.07. The van der Waals surface area contributed by atoms with Crippen LogP contribution in [0.4, 0.5) is 4.39 Å². The second-order valence-electron chi connectivity index (χ2n) is 3.29. The van der Waals surface area contributed by atoms with Crippen LogP contribution in [0, 0.1) is 5.82 Å². The molecule has 1 aromatic carbocycles. The Morgan fingerprint density at radius 3 is 2.69 bits per heavy atom. The Bertz CT molecular complexity index is 363. The van der Waals surface area contributed by atoms with Gasteiger partial charge in [0, 0.05) is 25.2 Å². The van der Waals surface area contributed by atoms with E-state index in [0.29, 0.717) is 30.9 Å². The molecule has 0 bridgehead atoms. The first-order valence-corrected chi connectivity index (χ1v) is 5.13. The van der Waals surface area contributed by atoms with Gasteiger partial charge in [-0.25, -0.2) is 4.39 Å². The van der Waals surface area contributed by atoms with Gasteiger partial charge in [-0.05, 0) is 12.1 Å². The van der Waals surface area contributed by atoms with Gasteiger partial charge in [0.25, 0.3) is 0 Å². The number of rotatable bonds is 6. The van der Waals surface area contributed by atoms with Crippen molar-refractivity contribution in [3.05, 3.63) is 29.6 Å². The Morgan fingerprint density at radius 1 is 1.31 bits per heavy atom. The summed E-state index contributed by atoms with van der Waals surface area (Å²) in [5.74, 6) is -0.211. The van der Waals surface area contributed by atoms with E-state index in [2.05, 4.69) is 0 Å². The predicted octanol–water partition coefficient (Wildman–Crippen LogP) is 2.44. The van der Waals surface area contributed by atoms with Crippen LogP contribution < -0.4 is 4.74 Å². The Morgan fingerprint density at radius 2 is 2.06 bits per heavy atom. The number of ketones is 1. The maximum Gasteiger partial charge on any atom is 0.162 e. The van der Waals surface area contributed by atoms with Gasteiger partial charge in [-0.2, -0.15) is 0 Å². The van der Waals surface area contributed by atoms with Crippen molar-refractivity contribution in [3.8, 4) is 5.75 Å². The zero-order valence-electron chi connectivity index (χ0n) is 9.46. The van der Waals surface area contributed by atoms with Gasteiger partial charge in [0.2, 0.25) is 0 Å². The van der Waals surface area contributed by atoms with Crippen molar-refractivity contribution < 1.29 is 18.7 Å². The van der Waals surface area contributed by atoms with Gasteiger partial charge < -0.3 is 9.47 Å². The summed E-state index contributed by atoms with van der Waals surface area (Å²) < 4.78 is 23.2. The van der Waals surface area contributed by atoms with Gasteiger partial charge in [-0.1, -0.05) is 6.92 Å². The molecule has 0 unspecified atom stereocenters. The fourth-order valence-electron chi connectivity index (χ4n) is 1.25. The first kappa shape index (κ1) is 12.6. The number of Topliss-reactive ketones (excluding diaryl/α,β-unsaturated/α-hetero) is 1. The molecule has 0 N–H and O–H groups in total. The predicted molar refractivity (Wildman–Crippen MR) is 58.4 cm³/mol. The molecule has 0 heterocycles. The van der Waals surface area contributed by atoms with Gasteiger partial charge >= 0.3 is 0 Å². The fourth-order valence-corrected chi connectivity index (χ4v) is 1.25. The maximum absolute atomic E-state index is 13.2. The molecule has 0 aromatic heterocycles. The van der Waals surface area contributed by atoms with Crippen molar-refractivity contribution in [1.29, 1.82) is 0 Å². The molecule has 0 saturated heterocycles. The molecule has 0 spiro atoms. The molecule has 0 aliphatic carbocycles. The highest BCUT2D eigenvalue weighted by atomic mass is 19.1. The monoisotopic (exact) mass is 226 g/mol. The minimum absolute atomic E-state index is 0.101. The average Bonchev–Trinajstić information content (AvgIpc) is 2.27. The maximum atomic E-state index is 13.2. The molecule has 0 aliphatic heterocycles. The Labute approximate surface area is 94.2 Å². The summed E-state index contributed by atoms with van der Waals surface area (Å²) >= 11 is 0. The fraction of sp³-hybridized carbons (Fsp3) is 0.417. The first-order chi connectivity index (χ1) is 7.67. The molecule has 3 nitrogen and oxygen atoms in total. The lowest BCUT2D eigenvalue weighted by Crippen LogP contribution is -2.05. The van der Waals surface area contributed by atoms with Gasteiger partial charge in [0.05, 0.1) is 6.61 Å². The number of methoxy groups -OCH3 is 1. The molecule has 0 amide bonds. The first-order valence-electron chi connectivity index (χ1n) is 5.13. The van der Waals surface area contributed by atoms with Crippen LogP contribution in [0.25, 0.3) is 0 Å². The number of carbonyl (C=O) groups is 1. The molecule has 0 fully saturated rings. The smallest absolute Gasteiger partial charge is 0.162 e. The van der Waals surface area contributed by atoms with Crippen LogP contribution in [0.1, 0.15) is 23.7 Å². The number of ether oxygens (including phenoxy) is 2. The van der Waals surface area contributed by atoms with E-state index in [1.54, 1.807) is 20.1 Å². The van der Waals surface area contributed by atoms with Crippen molar-refractivity contribution in [2.75, 3.05) is 20.3 Å². The third-order valence-corrected chi connectivity index (χ3v) is 2.07. The summed E-state index contributed by atoms with van der Waals surface area (Å²) in [5, 5.41) is 0. The molecule has 88 valence electrons. The largest absolute Gasteiger partial charge is 0.491 e. The quantitative estimate of drug-likeness (QED) is 0.552. The summed E-state index contributed by atoms with van der Waals surface area (Å²) in [5.41, 5.74) is 0.343. The zero-order valence-corrected chi connectivity index (χ0v) is 9.46. The molecular weight excluding hydrogens is 211 g/mol. The van der Waals surface area contributed by atoms with Crippen molar-refractivity contribution in [2.45, 2.75) is 13.3 Å². The van der Waals surface area contributed by atoms with Gasteiger partial charge in [-0.15, -0.1) is 0 Å². The van der Waals surface area contributed by atoms with E-state index in [1.165, 1.54) is 12.1 Å². The van der Waals surface area contributed by atoms with Crippen LogP contribution in [0.2, 0.25) is 0 Å². The molecule has 0 saturated carbocycles. The lowest BCUT2D eigenvalue weighted by atomic mass is 10.1. The number of carbonyl (C=O) groups excluding carboxylic acids is 1. The Kier molecular flexibility index (Phi) is 4.92. The van der Waals surface area contributed by atoms with Gasteiger partial charge in [-0.3, -0.25) is 4.79 Å². The second-order valence-corrected chi connectivity index (χ2v) is 3.29. The summed E-state index contributed by atoms with van der Waals surface area (Å²) in [7, 11) is 1.56. The lowest BCUT2D eigenvalue weighted by molar-refractivity contribution is 0.0987. The topological polar surface area (TPSA) is 35.5 Å². The van der Waals surface area contributed by atoms with Crippen LogP contribution in [0.5, 0.6) is 5.75 Å². The van der Waals surface area contributed by atoms with E-state index < -0.39 is 5.82 Å². The van der Waals surface area contributed by atoms with E-state index >= 15 is 0 Å². The van der Waals surface area contributed by atoms with Crippen LogP contribution in [0.3, 0.4) is 0 Å². The van der Waals surface area contributed by atoms with Crippen molar-refractivity contribution in [1.82, 2.24) is 0 Å². The van der Waals surface area contributed by atoms with Gasteiger partial charge in [0.1, 0.15) is 18.2 Å². The summed E-state index contributed by atoms with van der Waals surface area (Å²) in [4.78, 5) is 11.4. The second kappa shape index (κ2) is 6.23.